The van der Waals surface area contributed by atoms with Crippen LogP contribution in [0.2, 0.25) is 0 Å². The Morgan fingerprint density at radius 2 is 2.23 bits per heavy atom. The molecule has 1 atom stereocenters. The molecule has 1 aromatic heterocycles. The van der Waals surface area contributed by atoms with Crippen LogP contribution in [0.3, 0.4) is 0 Å². The number of primary sulfonamides is 1. The number of sulfonamides is 1. The number of rotatable bonds is 6. The van der Waals surface area contributed by atoms with Gasteiger partial charge in [-0.2, -0.15) is 5.26 Å². The van der Waals surface area contributed by atoms with E-state index >= 15 is 0 Å². The van der Waals surface area contributed by atoms with Crippen molar-refractivity contribution in [1.82, 2.24) is 9.55 Å². The summed E-state index contributed by atoms with van der Waals surface area (Å²) < 4.78 is 25.0. The Balaban J connectivity index is 2.55. The number of imidazole rings is 1. The summed E-state index contributed by atoms with van der Waals surface area (Å²) in [6, 6.07) is 6.86. The number of aromatic nitrogens is 2. The first kappa shape index (κ1) is 16.8. The topological polar surface area (TPSA) is 102 Å². The van der Waals surface area contributed by atoms with E-state index < -0.39 is 10.0 Å². The molecule has 1 aromatic carbocycles. The van der Waals surface area contributed by atoms with Crippen molar-refractivity contribution in [2.75, 3.05) is 0 Å². The van der Waals surface area contributed by atoms with Gasteiger partial charge < -0.3 is 4.57 Å². The highest BCUT2D eigenvalue weighted by atomic mass is 32.2. The Morgan fingerprint density at radius 3 is 2.82 bits per heavy atom. The average Bonchev–Trinajstić information content (AvgIpc) is 2.80. The van der Waals surface area contributed by atoms with Crippen molar-refractivity contribution in [3.8, 4) is 6.07 Å². The van der Waals surface area contributed by atoms with Crippen LogP contribution in [0.5, 0.6) is 0 Å². The van der Waals surface area contributed by atoms with Gasteiger partial charge in [0.15, 0.2) is 5.16 Å². The van der Waals surface area contributed by atoms with Crippen LogP contribution in [-0.2, 0) is 16.6 Å². The zero-order valence-corrected chi connectivity index (χ0v) is 14.1. The zero-order valence-electron chi connectivity index (χ0n) is 12.5. The van der Waals surface area contributed by atoms with Gasteiger partial charge >= 0.3 is 0 Å². The first-order valence-corrected chi connectivity index (χ1v) is 9.38. The molecule has 2 N–H and O–H groups in total. The molecule has 0 amide bonds. The fourth-order valence-electron chi connectivity index (χ4n) is 2.07. The van der Waals surface area contributed by atoms with Gasteiger partial charge in [0.05, 0.1) is 27.2 Å². The number of nitriles is 1. The molecule has 0 spiro atoms. The number of fused-ring (bicyclic) bond motifs is 1. The van der Waals surface area contributed by atoms with E-state index in [9.17, 15) is 8.42 Å². The molecule has 118 valence electrons. The maximum atomic E-state index is 11.5. The summed E-state index contributed by atoms with van der Waals surface area (Å²) in [5.74, 6) is 0. The summed E-state index contributed by atoms with van der Waals surface area (Å²) in [5, 5.41) is 14.6. The summed E-state index contributed by atoms with van der Waals surface area (Å²) in [5.41, 5.74) is 1.43. The number of nitrogens with zero attached hydrogens (tertiary/aromatic N) is 3. The molecule has 1 heterocycles. The molecule has 0 saturated carbocycles. The third-order valence-corrected chi connectivity index (χ3v) is 5.10. The maximum absolute atomic E-state index is 11.5. The van der Waals surface area contributed by atoms with E-state index in [-0.39, 0.29) is 10.1 Å². The van der Waals surface area contributed by atoms with Gasteiger partial charge in [-0.15, -0.1) is 0 Å². The van der Waals surface area contributed by atoms with Crippen LogP contribution in [0.4, 0.5) is 0 Å². The number of unbranched alkanes of at least 4 members (excludes halogenated alkanes) is 1. The molecule has 0 aliphatic carbocycles. The Bertz CT molecular complexity index is 821. The fourth-order valence-corrected chi connectivity index (χ4v) is 3.44. The van der Waals surface area contributed by atoms with Crippen LogP contribution in [0.15, 0.2) is 28.3 Å². The Morgan fingerprint density at radius 1 is 1.50 bits per heavy atom. The number of hydrogen-bond acceptors (Lipinski definition) is 5. The van der Waals surface area contributed by atoms with E-state index in [4.69, 9.17) is 10.4 Å². The Hall–Kier alpha value is -1.56. The number of aryl methyl sites for hydroxylation is 1. The number of nitrogens with two attached hydrogens (primary N) is 1. The molecule has 0 saturated heterocycles. The van der Waals surface area contributed by atoms with Crippen LogP contribution in [0, 0.1) is 11.3 Å². The van der Waals surface area contributed by atoms with Crippen molar-refractivity contribution >= 4 is 32.8 Å². The third-order valence-electron chi connectivity index (χ3n) is 3.21. The summed E-state index contributed by atoms with van der Waals surface area (Å²) in [7, 11) is -3.75. The molecular formula is C14H18N4O2S2. The lowest BCUT2D eigenvalue weighted by Crippen LogP contribution is -2.11. The molecule has 0 fully saturated rings. The number of thioether (sulfide) groups is 1. The second kappa shape index (κ2) is 6.69. The van der Waals surface area contributed by atoms with E-state index in [1.165, 1.54) is 23.9 Å². The van der Waals surface area contributed by atoms with Crippen LogP contribution in [-0.4, -0.2) is 23.2 Å². The van der Waals surface area contributed by atoms with Gasteiger partial charge in [-0.25, -0.2) is 18.5 Å². The zero-order chi connectivity index (χ0) is 16.3. The van der Waals surface area contributed by atoms with E-state index in [1.54, 1.807) is 6.07 Å². The lowest BCUT2D eigenvalue weighted by molar-refractivity contribution is 0.597. The molecular weight excluding hydrogens is 320 g/mol. The average molecular weight is 338 g/mol. The molecule has 0 aliphatic heterocycles. The molecule has 22 heavy (non-hydrogen) atoms. The van der Waals surface area contributed by atoms with Crippen molar-refractivity contribution < 1.29 is 8.42 Å². The van der Waals surface area contributed by atoms with Crippen molar-refractivity contribution in [3.05, 3.63) is 18.2 Å². The van der Waals surface area contributed by atoms with Crippen molar-refractivity contribution in [3.63, 3.8) is 0 Å². The minimum Gasteiger partial charge on any atom is -0.319 e. The Labute approximate surface area is 134 Å². The van der Waals surface area contributed by atoms with Crippen molar-refractivity contribution in [2.45, 2.75) is 48.5 Å². The van der Waals surface area contributed by atoms with Gasteiger partial charge in [0.25, 0.3) is 0 Å². The normalized spacial score (nSPS) is 13.2. The second-order valence-electron chi connectivity index (χ2n) is 4.98. The first-order valence-electron chi connectivity index (χ1n) is 6.96. The molecule has 0 bridgehead atoms. The summed E-state index contributed by atoms with van der Waals surface area (Å²) in [4.78, 5) is 4.53. The summed E-state index contributed by atoms with van der Waals surface area (Å²) >= 11 is 1.37. The van der Waals surface area contributed by atoms with Gasteiger partial charge in [0.1, 0.15) is 0 Å². The smallest absolute Gasteiger partial charge is 0.238 e. The van der Waals surface area contributed by atoms with Gasteiger partial charge in [-0.1, -0.05) is 25.1 Å². The largest absolute Gasteiger partial charge is 0.319 e. The quantitative estimate of drug-likeness (QED) is 0.815. The van der Waals surface area contributed by atoms with E-state index in [0.29, 0.717) is 5.52 Å². The molecule has 6 nitrogen and oxygen atoms in total. The van der Waals surface area contributed by atoms with Gasteiger partial charge in [-0.05, 0) is 31.5 Å². The highest BCUT2D eigenvalue weighted by Crippen LogP contribution is 2.28. The van der Waals surface area contributed by atoms with Gasteiger partial charge in [0.2, 0.25) is 10.0 Å². The SMILES string of the molecule is CCCCn1c(S[C@H](C)C#N)nc2cc(S(N)(=O)=O)ccc21. The highest BCUT2D eigenvalue weighted by molar-refractivity contribution is 8.00. The minimum atomic E-state index is -3.75. The molecule has 0 radical (unpaired) electrons. The van der Waals surface area contributed by atoms with Crippen LogP contribution < -0.4 is 5.14 Å². The standard InChI is InChI=1S/C14H18N4O2S2/c1-3-4-7-18-13-6-5-11(22(16,19)20)8-12(13)17-14(18)21-10(2)9-15/h5-6,8,10H,3-4,7H2,1-2H3,(H2,16,19,20)/t10-/m1/s1. The Kier molecular flexibility index (Phi) is 5.11. The first-order chi connectivity index (χ1) is 10.4. The van der Waals surface area contributed by atoms with Crippen molar-refractivity contribution in [2.24, 2.45) is 5.14 Å². The molecule has 0 aliphatic rings. The second-order valence-corrected chi connectivity index (χ2v) is 7.85. The summed E-state index contributed by atoms with van der Waals surface area (Å²) in [6.07, 6.45) is 2.02. The van der Waals surface area contributed by atoms with Crippen LogP contribution in [0.1, 0.15) is 26.7 Å². The van der Waals surface area contributed by atoms with Gasteiger partial charge in [-0.3, -0.25) is 0 Å². The van der Waals surface area contributed by atoms with E-state index in [1.807, 2.05) is 11.5 Å². The number of benzene rings is 1. The molecule has 8 heteroatoms. The fraction of sp³-hybridized carbons (Fsp3) is 0.429. The van der Waals surface area contributed by atoms with Crippen LogP contribution >= 0.6 is 11.8 Å². The monoisotopic (exact) mass is 338 g/mol. The summed E-state index contributed by atoms with van der Waals surface area (Å²) in [6.45, 7) is 4.69. The lowest BCUT2D eigenvalue weighted by atomic mass is 10.3. The third kappa shape index (κ3) is 3.61. The minimum absolute atomic E-state index is 0.0463. The van der Waals surface area contributed by atoms with E-state index in [0.717, 1.165) is 30.1 Å². The van der Waals surface area contributed by atoms with E-state index in [2.05, 4.69) is 18.0 Å². The van der Waals surface area contributed by atoms with Crippen molar-refractivity contribution in [1.29, 1.82) is 5.26 Å². The molecule has 2 aromatic rings. The predicted octanol–water partition coefficient (Wildman–Crippen LogP) is 2.49. The number of hydrogen-bond donors (Lipinski definition) is 1. The lowest BCUT2D eigenvalue weighted by Gasteiger charge is -2.08. The molecule has 0 unspecified atom stereocenters. The molecule has 2 rings (SSSR count). The maximum Gasteiger partial charge on any atom is 0.238 e. The predicted molar refractivity (Wildman–Crippen MR) is 86.9 cm³/mol. The van der Waals surface area contributed by atoms with Gasteiger partial charge in [0, 0.05) is 6.54 Å². The van der Waals surface area contributed by atoms with Crippen LogP contribution in [0.25, 0.3) is 11.0 Å². The highest BCUT2D eigenvalue weighted by Gasteiger charge is 2.16.